The lowest BCUT2D eigenvalue weighted by atomic mass is 9.94. The number of anilines is 1. The molecule has 3 heterocycles. The van der Waals surface area contributed by atoms with Crippen molar-refractivity contribution in [2.75, 3.05) is 18.9 Å². The summed E-state index contributed by atoms with van der Waals surface area (Å²) in [5, 5.41) is 3.23. The molecule has 1 aliphatic heterocycles. The van der Waals surface area contributed by atoms with Gasteiger partial charge in [-0.25, -0.2) is 9.37 Å². The van der Waals surface area contributed by atoms with Gasteiger partial charge in [0.15, 0.2) is 11.6 Å². The van der Waals surface area contributed by atoms with Gasteiger partial charge >= 0.3 is 0 Å². The summed E-state index contributed by atoms with van der Waals surface area (Å²) in [7, 11) is 1.79. The number of likely N-dealkylation sites (tertiary alicyclic amines) is 1. The SMILES string of the molecule is CN1C(=O)C[C@@H](CNc2ncc(Cl)cc2F)[C@@H]1c1ccncc1. The Morgan fingerprint density at radius 3 is 2.87 bits per heavy atom. The molecule has 0 unspecified atom stereocenters. The van der Waals surface area contributed by atoms with Gasteiger partial charge in [-0.2, -0.15) is 0 Å². The summed E-state index contributed by atoms with van der Waals surface area (Å²) in [4.78, 5) is 21.8. The minimum atomic E-state index is -0.504. The van der Waals surface area contributed by atoms with Gasteiger partial charge in [-0.1, -0.05) is 11.6 Å². The van der Waals surface area contributed by atoms with Crippen molar-refractivity contribution in [1.82, 2.24) is 14.9 Å². The largest absolute Gasteiger partial charge is 0.367 e. The van der Waals surface area contributed by atoms with Crippen LogP contribution in [0.1, 0.15) is 18.0 Å². The predicted octanol–water partition coefficient (Wildman–Crippen LogP) is 2.90. The van der Waals surface area contributed by atoms with E-state index in [2.05, 4.69) is 15.3 Å². The Hall–Kier alpha value is -2.21. The van der Waals surface area contributed by atoms with Gasteiger partial charge in [0.25, 0.3) is 0 Å². The fraction of sp³-hybridized carbons (Fsp3) is 0.312. The Bertz CT molecular complexity index is 712. The highest BCUT2D eigenvalue weighted by Gasteiger charge is 2.38. The number of carbonyl (C=O) groups is 1. The first-order chi connectivity index (χ1) is 11.1. The molecule has 1 amide bonds. The maximum absolute atomic E-state index is 13.8. The fourth-order valence-corrected chi connectivity index (χ4v) is 3.11. The normalized spacial score (nSPS) is 20.8. The lowest BCUT2D eigenvalue weighted by Gasteiger charge is -2.25. The first-order valence-electron chi connectivity index (χ1n) is 7.26. The monoisotopic (exact) mass is 334 g/mol. The third-order valence-corrected chi connectivity index (χ3v) is 4.29. The highest BCUT2D eigenvalue weighted by atomic mass is 35.5. The van der Waals surface area contributed by atoms with Crippen molar-refractivity contribution in [3.05, 3.63) is 53.2 Å². The zero-order chi connectivity index (χ0) is 16.4. The first-order valence-corrected chi connectivity index (χ1v) is 7.64. The number of pyridine rings is 2. The maximum atomic E-state index is 13.8. The lowest BCUT2D eigenvalue weighted by Crippen LogP contribution is -2.26. The van der Waals surface area contributed by atoms with Crippen molar-refractivity contribution in [3.8, 4) is 0 Å². The predicted molar refractivity (Wildman–Crippen MR) is 85.5 cm³/mol. The molecule has 23 heavy (non-hydrogen) atoms. The smallest absolute Gasteiger partial charge is 0.223 e. The standard InChI is InChI=1S/C16H16ClFN4O/c1-22-14(23)6-11(15(22)10-2-4-19-5-3-10)8-20-16-13(18)7-12(17)9-21-16/h2-5,7,9,11,15H,6,8H2,1H3,(H,20,21)/t11-,15-/m0/s1. The van der Waals surface area contributed by atoms with Crippen LogP contribution in [0.15, 0.2) is 36.8 Å². The summed E-state index contributed by atoms with van der Waals surface area (Å²) in [5.41, 5.74) is 1.02. The second-order valence-electron chi connectivity index (χ2n) is 5.56. The molecule has 0 aliphatic carbocycles. The first kappa shape index (κ1) is 15.7. The maximum Gasteiger partial charge on any atom is 0.223 e. The quantitative estimate of drug-likeness (QED) is 0.934. The Morgan fingerprint density at radius 1 is 1.43 bits per heavy atom. The average Bonchev–Trinajstić information content (AvgIpc) is 2.82. The molecule has 120 valence electrons. The van der Waals surface area contributed by atoms with Crippen LogP contribution in [0.5, 0.6) is 0 Å². The molecule has 2 aromatic heterocycles. The molecule has 7 heteroatoms. The van der Waals surface area contributed by atoms with Gasteiger partial charge in [0.2, 0.25) is 5.91 Å². The Labute approximate surface area is 138 Å². The van der Waals surface area contributed by atoms with E-state index in [0.29, 0.717) is 13.0 Å². The molecule has 2 atom stereocenters. The van der Waals surface area contributed by atoms with Crippen LogP contribution < -0.4 is 5.32 Å². The molecule has 1 N–H and O–H groups in total. The topological polar surface area (TPSA) is 58.1 Å². The molecule has 0 aromatic carbocycles. The van der Waals surface area contributed by atoms with Gasteiger partial charge in [-0.05, 0) is 23.8 Å². The Balaban J connectivity index is 1.76. The van der Waals surface area contributed by atoms with E-state index in [4.69, 9.17) is 11.6 Å². The van der Waals surface area contributed by atoms with Crippen LogP contribution in [0.2, 0.25) is 5.02 Å². The molecule has 3 rings (SSSR count). The third-order valence-electron chi connectivity index (χ3n) is 4.08. The van der Waals surface area contributed by atoms with Crippen LogP contribution in [0.3, 0.4) is 0 Å². The number of nitrogens with zero attached hydrogens (tertiary/aromatic N) is 3. The van der Waals surface area contributed by atoms with Crippen LogP contribution >= 0.6 is 11.6 Å². The van der Waals surface area contributed by atoms with Gasteiger partial charge in [-0.3, -0.25) is 9.78 Å². The van der Waals surface area contributed by atoms with Crippen molar-refractivity contribution >= 4 is 23.3 Å². The van der Waals surface area contributed by atoms with Gasteiger partial charge in [-0.15, -0.1) is 0 Å². The Morgan fingerprint density at radius 2 is 2.17 bits per heavy atom. The zero-order valence-electron chi connectivity index (χ0n) is 12.5. The van der Waals surface area contributed by atoms with Crippen LogP contribution in [-0.4, -0.2) is 34.4 Å². The number of aromatic nitrogens is 2. The molecular weight excluding hydrogens is 319 g/mol. The highest BCUT2D eigenvalue weighted by molar-refractivity contribution is 6.30. The molecule has 0 radical (unpaired) electrons. The molecule has 2 aromatic rings. The van der Waals surface area contributed by atoms with Gasteiger partial charge < -0.3 is 10.2 Å². The van der Waals surface area contributed by atoms with Gasteiger partial charge in [0.1, 0.15) is 0 Å². The Kier molecular flexibility index (Phi) is 4.43. The van der Waals surface area contributed by atoms with E-state index in [1.807, 2.05) is 12.1 Å². The van der Waals surface area contributed by atoms with Gasteiger partial charge in [0, 0.05) is 44.5 Å². The summed E-state index contributed by atoms with van der Waals surface area (Å²) < 4.78 is 13.8. The molecule has 5 nitrogen and oxygen atoms in total. The summed E-state index contributed by atoms with van der Waals surface area (Å²) in [6.07, 6.45) is 5.21. The zero-order valence-corrected chi connectivity index (χ0v) is 13.3. The second-order valence-corrected chi connectivity index (χ2v) is 6.00. The van der Waals surface area contributed by atoms with Crippen molar-refractivity contribution in [2.24, 2.45) is 5.92 Å². The van der Waals surface area contributed by atoms with Crippen LogP contribution in [0.4, 0.5) is 10.2 Å². The number of amides is 1. The number of nitrogens with one attached hydrogen (secondary N) is 1. The molecular formula is C16H16ClFN4O. The molecule has 1 aliphatic rings. The van der Waals surface area contributed by atoms with Crippen molar-refractivity contribution in [3.63, 3.8) is 0 Å². The molecule has 0 spiro atoms. The lowest BCUT2D eigenvalue weighted by molar-refractivity contribution is -0.127. The van der Waals surface area contributed by atoms with E-state index < -0.39 is 5.82 Å². The molecule has 1 saturated heterocycles. The third kappa shape index (κ3) is 3.27. The van der Waals surface area contributed by atoms with E-state index in [9.17, 15) is 9.18 Å². The molecule has 1 fully saturated rings. The average molecular weight is 335 g/mol. The van der Waals surface area contributed by atoms with E-state index in [1.54, 1.807) is 24.3 Å². The van der Waals surface area contributed by atoms with Gasteiger partial charge in [0.05, 0.1) is 11.1 Å². The van der Waals surface area contributed by atoms with E-state index in [0.717, 1.165) is 5.56 Å². The summed E-state index contributed by atoms with van der Waals surface area (Å²) in [6.45, 7) is 0.439. The fourth-order valence-electron chi connectivity index (χ4n) is 2.96. The minimum Gasteiger partial charge on any atom is -0.367 e. The number of hydrogen-bond donors (Lipinski definition) is 1. The summed E-state index contributed by atoms with van der Waals surface area (Å²) in [6, 6.07) is 4.94. The van der Waals surface area contributed by atoms with Crippen molar-refractivity contribution in [1.29, 1.82) is 0 Å². The van der Waals surface area contributed by atoms with E-state index in [-0.39, 0.29) is 28.7 Å². The number of hydrogen-bond acceptors (Lipinski definition) is 4. The van der Waals surface area contributed by atoms with E-state index in [1.165, 1.54) is 12.3 Å². The summed E-state index contributed by atoms with van der Waals surface area (Å²) >= 11 is 5.70. The van der Waals surface area contributed by atoms with E-state index >= 15 is 0 Å². The number of carbonyl (C=O) groups excluding carboxylic acids is 1. The highest BCUT2D eigenvalue weighted by Crippen LogP contribution is 2.36. The van der Waals surface area contributed by atoms with Crippen molar-refractivity contribution < 1.29 is 9.18 Å². The number of halogens is 2. The van der Waals surface area contributed by atoms with Crippen molar-refractivity contribution in [2.45, 2.75) is 12.5 Å². The molecule has 0 bridgehead atoms. The van der Waals surface area contributed by atoms with Crippen LogP contribution in [0, 0.1) is 11.7 Å². The second kappa shape index (κ2) is 6.50. The van der Waals surface area contributed by atoms with Crippen LogP contribution in [0.25, 0.3) is 0 Å². The van der Waals surface area contributed by atoms with Crippen LogP contribution in [-0.2, 0) is 4.79 Å². The summed E-state index contributed by atoms with van der Waals surface area (Å²) in [5.74, 6) is -0.268. The molecule has 0 saturated carbocycles. The number of rotatable bonds is 4. The minimum absolute atomic E-state index is 0.0202.